The standard InChI is InChI=1S/C23H21N5O3/c29-14-16-4-3-13-28(16)22-23(25-12-11-24-22)31-17-9-7-15(8-10-17)20(30)21-26-18-5-1-2-6-19(18)27-21/h1-2,5-12,16,29H,3-4,13-14H2,(H,26,27)/t16-/m0/s1. The van der Waals surface area contributed by atoms with E-state index in [2.05, 4.69) is 19.9 Å². The SMILES string of the molecule is O=C(c1ccc(Oc2nccnc2N2CCC[C@H]2CO)cc1)c1nc2ccccc2[nH]1. The highest BCUT2D eigenvalue weighted by Crippen LogP contribution is 2.32. The molecule has 8 heteroatoms. The molecule has 0 saturated carbocycles. The summed E-state index contributed by atoms with van der Waals surface area (Å²) in [5, 5.41) is 9.63. The zero-order valence-corrected chi connectivity index (χ0v) is 16.7. The third-order valence-electron chi connectivity index (χ3n) is 5.44. The molecule has 2 N–H and O–H groups in total. The van der Waals surface area contributed by atoms with Gasteiger partial charge in [-0.3, -0.25) is 4.79 Å². The number of aliphatic hydroxyl groups excluding tert-OH is 1. The lowest BCUT2D eigenvalue weighted by atomic mass is 10.1. The normalized spacial score (nSPS) is 16.0. The third-order valence-corrected chi connectivity index (χ3v) is 5.44. The Kier molecular flexibility index (Phi) is 5.05. The van der Waals surface area contributed by atoms with Crippen molar-refractivity contribution in [2.45, 2.75) is 18.9 Å². The fourth-order valence-corrected chi connectivity index (χ4v) is 3.87. The number of anilines is 1. The van der Waals surface area contributed by atoms with Crippen LogP contribution in [0.15, 0.2) is 60.9 Å². The highest BCUT2D eigenvalue weighted by Gasteiger charge is 2.28. The monoisotopic (exact) mass is 415 g/mol. The van der Waals surface area contributed by atoms with Gasteiger partial charge in [0.2, 0.25) is 5.78 Å². The zero-order valence-electron chi connectivity index (χ0n) is 16.7. The highest BCUT2D eigenvalue weighted by molar-refractivity contribution is 6.08. The zero-order chi connectivity index (χ0) is 21.2. The van der Waals surface area contributed by atoms with E-state index in [0.717, 1.165) is 30.4 Å². The van der Waals surface area contributed by atoms with Crippen LogP contribution in [0.4, 0.5) is 5.82 Å². The second kappa shape index (κ2) is 8.16. The molecule has 2 aromatic heterocycles. The van der Waals surface area contributed by atoms with Crippen LogP contribution in [0.5, 0.6) is 11.6 Å². The van der Waals surface area contributed by atoms with Gasteiger partial charge >= 0.3 is 0 Å². The number of nitrogens with one attached hydrogen (secondary N) is 1. The molecular formula is C23H21N5O3. The molecule has 0 bridgehead atoms. The minimum Gasteiger partial charge on any atom is -0.436 e. The molecule has 1 fully saturated rings. The van der Waals surface area contributed by atoms with Crippen LogP contribution in [0.25, 0.3) is 11.0 Å². The molecule has 3 heterocycles. The number of hydrogen-bond acceptors (Lipinski definition) is 7. The number of ether oxygens (including phenoxy) is 1. The molecular weight excluding hydrogens is 394 g/mol. The van der Waals surface area contributed by atoms with Gasteiger partial charge in [0, 0.05) is 24.5 Å². The molecule has 1 aliphatic heterocycles. The van der Waals surface area contributed by atoms with Gasteiger partial charge in [0.05, 0.1) is 23.7 Å². The number of para-hydroxylation sites is 2. The molecule has 1 aliphatic rings. The summed E-state index contributed by atoms with van der Waals surface area (Å²) in [5.41, 5.74) is 2.08. The lowest BCUT2D eigenvalue weighted by Gasteiger charge is -2.25. The van der Waals surface area contributed by atoms with E-state index in [-0.39, 0.29) is 18.4 Å². The average Bonchev–Trinajstić information content (AvgIpc) is 3.46. The van der Waals surface area contributed by atoms with Crippen LogP contribution in [-0.2, 0) is 0 Å². The molecule has 0 amide bonds. The van der Waals surface area contributed by atoms with Crippen LogP contribution in [0.2, 0.25) is 0 Å². The van der Waals surface area contributed by atoms with Gasteiger partial charge in [0.1, 0.15) is 5.75 Å². The van der Waals surface area contributed by atoms with Crippen molar-refractivity contribution in [3.05, 3.63) is 72.3 Å². The van der Waals surface area contributed by atoms with Crippen molar-refractivity contribution in [3.63, 3.8) is 0 Å². The van der Waals surface area contributed by atoms with Crippen molar-refractivity contribution >= 4 is 22.6 Å². The summed E-state index contributed by atoms with van der Waals surface area (Å²) in [6, 6.07) is 14.4. The molecule has 0 unspecified atom stereocenters. The Labute approximate surface area is 178 Å². The van der Waals surface area contributed by atoms with Crippen LogP contribution in [0, 0.1) is 0 Å². The van der Waals surface area contributed by atoms with Crippen LogP contribution >= 0.6 is 0 Å². The van der Waals surface area contributed by atoms with Gasteiger partial charge in [0.15, 0.2) is 11.6 Å². The third kappa shape index (κ3) is 3.73. The number of ketones is 1. The van der Waals surface area contributed by atoms with Crippen LogP contribution in [0.1, 0.15) is 29.0 Å². The van der Waals surface area contributed by atoms with Gasteiger partial charge in [-0.2, -0.15) is 0 Å². The number of aromatic nitrogens is 4. The van der Waals surface area contributed by atoms with E-state index in [9.17, 15) is 9.90 Å². The molecule has 2 aromatic carbocycles. The maximum absolute atomic E-state index is 12.8. The molecule has 4 aromatic rings. The second-order valence-electron chi connectivity index (χ2n) is 7.42. The van der Waals surface area contributed by atoms with Crippen molar-refractivity contribution < 1.29 is 14.6 Å². The van der Waals surface area contributed by atoms with Crippen LogP contribution in [-0.4, -0.2) is 50.0 Å². The molecule has 0 radical (unpaired) electrons. The number of aliphatic hydroxyl groups is 1. The van der Waals surface area contributed by atoms with Crippen molar-refractivity contribution in [2.75, 3.05) is 18.1 Å². The number of carbonyl (C=O) groups is 1. The summed E-state index contributed by atoms with van der Waals surface area (Å²) in [5.74, 6) is 1.64. The fraction of sp³-hybridized carbons (Fsp3) is 0.217. The first-order chi connectivity index (χ1) is 15.2. The first kappa shape index (κ1) is 19.2. The summed E-state index contributed by atoms with van der Waals surface area (Å²) in [7, 11) is 0. The van der Waals surface area contributed by atoms with Crippen molar-refractivity contribution in [1.82, 2.24) is 19.9 Å². The number of aromatic amines is 1. The Bertz CT molecular complexity index is 1190. The fourth-order valence-electron chi connectivity index (χ4n) is 3.87. The number of benzene rings is 2. The van der Waals surface area contributed by atoms with E-state index in [1.807, 2.05) is 29.2 Å². The van der Waals surface area contributed by atoms with Crippen molar-refractivity contribution in [1.29, 1.82) is 0 Å². The molecule has 0 aliphatic carbocycles. The van der Waals surface area contributed by atoms with E-state index >= 15 is 0 Å². The van der Waals surface area contributed by atoms with Gasteiger partial charge in [-0.05, 0) is 49.2 Å². The molecule has 1 atom stereocenters. The number of rotatable bonds is 6. The topological polar surface area (TPSA) is 104 Å². The minimum atomic E-state index is -0.189. The molecule has 1 saturated heterocycles. The van der Waals surface area contributed by atoms with Gasteiger partial charge < -0.3 is 19.7 Å². The molecule has 156 valence electrons. The second-order valence-corrected chi connectivity index (χ2v) is 7.42. The Hall–Kier alpha value is -3.78. The van der Waals surface area contributed by atoms with E-state index < -0.39 is 0 Å². The van der Waals surface area contributed by atoms with Gasteiger partial charge in [0.25, 0.3) is 5.88 Å². The van der Waals surface area contributed by atoms with E-state index in [4.69, 9.17) is 4.74 Å². The Morgan fingerprint density at radius 3 is 2.74 bits per heavy atom. The minimum absolute atomic E-state index is 0.0165. The smallest absolute Gasteiger partial charge is 0.263 e. The van der Waals surface area contributed by atoms with Crippen LogP contribution < -0.4 is 9.64 Å². The predicted octanol–water partition coefficient (Wildman–Crippen LogP) is 3.34. The summed E-state index contributed by atoms with van der Waals surface area (Å²) in [6.45, 7) is 0.861. The molecule has 0 spiro atoms. The van der Waals surface area contributed by atoms with Gasteiger partial charge in [-0.1, -0.05) is 12.1 Å². The highest BCUT2D eigenvalue weighted by atomic mass is 16.5. The largest absolute Gasteiger partial charge is 0.436 e. The van der Waals surface area contributed by atoms with E-state index in [1.165, 1.54) is 0 Å². The maximum atomic E-state index is 12.8. The summed E-state index contributed by atoms with van der Waals surface area (Å²) in [4.78, 5) is 31.0. The number of imidazole rings is 1. The Balaban J connectivity index is 1.36. The molecule has 5 rings (SSSR count). The van der Waals surface area contributed by atoms with E-state index in [1.54, 1.807) is 36.7 Å². The predicted molar refractivity (Wildman–Crippen MR) is 116 cm³/mol. The summed E-state index contributed by atoms with van der Waals surface area (Å²) >= 11 is 0. The quantitative estimate of drug-likeness (QED) is 0.466. The van der Waals surface area contributed by atoms with E-state index in [0.29, 0.717) is 28.8 Å². The lowest BCUT2D eigenvalue weighted by molar-refractivity contribution is 0.103. The lowest BCUT2D eigenvalue weighted by Crippen LogP contribution is -2.33. The number of nitrogens with zero attached hydrogens (tertiary/aromatic N) is 4. The first-order valence-electron chi connectivity index (χ1n) is 10.2. The number of fused-ring (bicyclic) bond motifs is 1. The average molecular weight is 415 g/mol. The van der Waals surface area contributed by atoms with Crippen LogP contribution in [0.3, 0.4) is 0 Å². The first-order valence-corrected chi connectivity index (χ1v) is 10.2. The Morgan fingerprint density at radius 1 is 1.13 bits per heavy atom. The molecule has 8 nitrogen and oxygen atoms in total. The number of H-pyrrole nitrogens is 1. The number of carbonyl (C=O) groups excluding carboxylic acids is 1. The van der Waals surface area contributed by atoms with Crippen molar-refractivity contribution in [3.8, 4) is 11.6 Å². The summed E-state index contributed by atoms with van der Waals surface area (Å²) < 4.78 is 5.97. The maximum Gasteiger partial charge on any atom is 0.263 e. The van der Waals surface area contributed by atoms with Gasteiger partial charge in [-0.25, -0.2) is 15.0 Å². The summed E-state index contributed by atoms with van der Waals surface area (Å²) in [6.07, 6.45) is 5.08. The molecule has 31 heavy (non-hydrogen) atoms. The van der Waals surface area contributed by atoms with Crippen molar-refractivity contribution in [2.24, 2.45) is 0 Å². The van der Waals surface area contributed by atoms with Gasteiger partial charge in [-0.15, -0.1) is 0 Å². The Morgan fingerprint density at radius 2 is 1.94 bits per heavy atom. The number of hydrogen-bond donors (Lipinski definition) is 2.